The van der Waals surface area contributed by atoms with E-state index in [1.807, 2.05) is 54.6 Å². The van der Waals surface area contributed by atoms with E-state index in [9.17, 15) is 0 Å². The number of ether oxygens (including phenoxy) is 2. The maximum Gasteiger partial charge on any atom is 0.161 e. The number of hydrogen-bond acceptors (Lipinski definition) is 3. The van der Waals surface area contributed by atoms with Gasteiger partial charge in [0.25, 0.3) is 0 Å². The molecule has 0 unspecified atom stereocenters. The maximum atomic E-state index is 8.53. The Morgan fingerprint density at radius 3 is 2.60 bits per heavy atom. The van der Waals surface area contributed by atoms with E-state index in [1.165, 1.54) is 6.08 Å². The van der Waals surface area contributed by atoms with Crippen LogP contribution in [0.5, 0.6) is 11.5 Å². The van der Waals surface area contributed by atoms with E-state index in [-0.39, 0.29) is 0 Å². The van der Waals surface area contributed by atoms with E-state index in [2.05, 4.69) is 0 Å². The lowest BCUT2D eigenvalue weighted by Crippen LogP contribution is -1.97. The van der Waals surface area contributed by atoms with Crippen molar-refractivity contribution < 1.29 is 9.47 Å². The Labute approximate surface area is 118 Å². The van der Waals surface area contributed by atoms with E-state index >= 15 is 0 Å². The van der Waals surface area contributed by atoms with Gasteiger partial charge in [-0.15, -0.1) is 0 Å². The molecule has 0 atom stereocenters. The molecule has 0 saturated carbocycles. The minimum absolute atomic E-state index is 0.491. The van der Waals surface area contributed by atoms with Gasteiger partial charge in [-0.3, -0.25) is 0 Å². The third-order valence-corrected chi connectivity index (χ3v) is 2.78. The van der Waals surface area contributed by atoms with Crippen LogP contribution in [0.15, 0.2) is 54.6 Å². The van der Waals surface area contributed by atoms with Gasteiger partial charge in [0.1, 0.15) is 6.61 Å². The van der Waals surface area contributed by atoms with Crippen LogP contribution in [-0.2, 0) is 6.61 Å². The standard InChI is InChI=1S/C17H15NO2/c1-19-17-12-14(8-5-11-18)9-10-16(17)20-13-15-6-3-2-4-7-15/h2-10,12H,13H2,1H3/b8-5+. The van der Waals surface area contributed by atoms with Crippen molar-refractivity contribution in [3.8, 4) is 17.6 Å². The van der Waals surface area contributed by atoms with E-state index in [0.717, 1.165) is 11.1 Å². The average molecular weight is 265 g/mol. The van der Waals surface area contributed by atoms with Gasteiger partial charge in [-0.25, -0.2) is 0 Å². The molecular formula is C17H15NO2. The van der Waals surface area contributed by atoms with Crippen LogP contribution in [0.25, 0.3) is 6.08 Å². The quantitative estimate of drug-likeness (QED) is 0.772. The van der Waals surface area contributed by atoms with Crippen LogP contribution in [0.3, 0.4) is 0 Å². The number of nitrogens with zero attached hydrogens (tertiary/aromatic N) is 1. The zero-order valence-electron chi connectivity index (χ0n) is 11.2. The minimum Gasteiger partial charge on any atom is -0.493 e. The second-order valence-corrected chi connectivity index (χ2v) is 4.15. The van der Waals surface area contributed by atoms with Crippen molar-refractivity contribution >= 4 is 6.08 Å². The third-order valence-electron chi connectivity index (χ3n) is 2.78. The molecule has 0 radical (unpaired) electrons. The Hall–Kier alpha value is -2.73. The van der Waals surface area contributed by atoms with Gasteiger partial charge < -0.3 is 9.47 Å². The summed E-state index contributed by atoms with van der Waals surface area (Å²) in [5.41, 5.74) is 2.00. The SMILES string of the molecule is COc1cc(/C=C/C#N)ccc1OCc1ccccc1. The molecule has 0 aliphatic heterocycles. The molecule has 3 heteroatoms. The summed E-state index contributed by atoms with van der Waals surface area (Å²) in [7, 11) is 1.60. The van der Waals surface area contributed by atoms with Crippen LogP contribution in [-0.4, -0.2) is 7.11 Å². The molecule has 3 nitrogen and oxygen atoms in total. The molecule has 0 aromatic heterocycles. The topological polar surface area (TPSA) is 42.2 Å². The lowest BCUT2D eigenvalue weighted by molar-refractivity contribution is 0.284. The van der Waals surface area contributed by atoms with E-state index in [0.29, 0.717) is 18.1 Å². The van der Waals surface area contributed by atoms with Crippen LogP contribution in [0.2, 0.25) is 0 Å². The molecule has 0 aliphatic rings. The van der Waals surface area contributed by atoms with Crippen LogP contribution in [0, 0.1) is 11.3 Å². The van der Waals surface area contributed by atoms with Crippen molar-refractivity contribution in [1.82, 2.24) is 0 Å². The molecule has 0 fully saturated rings. The molecule has 0 aliphatic carbocycles. The maximum absolute atomic E-state index is 8.53. The lowest BCUT2D eigenvalue weighted by atomic mass is 10.2. The second-order valence-electron chi connectivity index (χ2n) is 4.15. The average Bonchev–Trinajstić information content (AvgIpc) is 2.52. The summed E-state index contributed by atoms with van der Waals surface area (Å²) in [5, 5.41) is 8.53. The molecule has 0 bridgehead atoms. The zero-order chi connectivity index (χ0) is 14.2. The first-order valence-corrected chi connectivity index (χ1v) is 6.24. The highest BCUT2D eigenvalue weighted by molar-refractivity contribution is 5.57. The molecule has 100 valence electrons. The summed E-state index contributed by atoms with van der Waals surface area (Å²) in [5.74, 6) is 1.34. The first kappa shape index (κ1) is 13.7. The van der Waals surface area contributed by atoms with E-state index in [1.54, 1.807) is 13.2 Å². The molecule has 0 N–H and O–H groups in total. The summed E-state index contributed by atoms with van der Waals surface area (Å²) >= 11 is 0. The fourth-order valence-electron chi connectivity index (χ4n) is 1.78. The molecule has 0 saturated heterocycles. The van der Waals surface area contributed by atoms with Gasteiger partial charge in [-0.2, -0.15) is 5.26 Å². The van der Waals surface area contributed by atoms with Crippen LogP contribution >= 0.6 is 0 Å². The molecule has 0 heterocycles. The molecular weight excluding hydrogens is 250 g/mol. The van der Waals surface area contributed by atoms with Gasteiger partial charge >= 0.3 is 0 Å². The monoisotopic (exact) mass is 265 g/mol. The van der Waals surface area contributed by atoms with Crippen molar-refractivity contribution in [1.29, 1.82) is 5.26 Å². The molecule has 2 aromatic rings. The Morgan fingerprint density at radius 2 is 1.90 bits per heavy atom. The summed E-state index contributed by atoms with van der Waals surface area (Å²) in [4.78, 5) is 0. The van der Waals surface area contributed by atoms with Gasteiger partial charge in [0, 0.05) is 6.08 Å². The highest BCUT2D eigenvalue weighted by Gasteiger charge is 2.05. The molecule has 0 spiro atoms. The highest BCUT2D eigenvalue weighted by Crippen LogP contribution is 2.29. The summed E-state index contributed by atoms with van der Waals surface area (Å²) < 4.78 is 11.1. The first-order chi connectivity index (χ1) is 9.83. The second kappa shape index (κ2) is 7.01. The van der Waals surface area contributed by atoms with Crippen molar-refractivity contribution in [2.24, 2.45) is 0 Å². The number of allylic oxidation sites excluding steroid dienone is 1. The molecule has 2 aromatic carbocycles. The smallest absolute Gasteiger partial charge is 0.161 e. The van der Waals surface area contributed by atoms with Crippen molar-refractivity contribution in [2.45, 2.75) is 6.61 Å². The van der Waals surface area contributed by atoms with Gasteiger partial charge in [-0.1, -0.05) is 36.4 Å². The highest BCUT2D eigenvalue weighted by atomic mass is 16.5. The number of hydrogen-bond donors (Lipinski definition) is 0. The number of nitriles is 1. The summed E-state index contributed by atoms with van der Waals surface area (Å²) in [6.45, 7) is 0.491. The predicted octanol–water partition coefficient (Wildman–Crippen LogP) is 3.81. The van der Waals surface area contributed by atoms with Crippen LogP contribution in [0.1, 0.15) is 11.1 Å². The van der Waals surface area contributed by atoms with Gasteiger partial charge in [0.2, 0.25) is 0 Å². The summed E-state index contributed by atoms with van der Waals surface area (Å²) in [6.07, 6.45) is 3.16. The largest absolute Gasteiger partial charge is 0.493 e. The van der Waals surface area contributed by atoms with E-state index in [4.69, 9.17) is 14.7 Å². The Balaban J connectivity index is 2.12. The van der Waals surface area contributed by atoms with Gasteiger partial charge in [0.15, 0.2) is 11.5 Å². The molecule has 2 rings (SSSR count). The van der Waals surface area contributed by atoms with Crippen molar-refractivity contribution in [3.63, 3.8) is 0 Å². The van der Waals surface area contributed by atoms with E-state index < -0.39 is 0 Å². The van der Waals surface area contributed by atoms with Gasteiger partial charge in [0.05, 0.1) is 13.2 Å². The van der Waals surface area contributed by atoms with Crippen molar-refractivity contribution in [3.05, 3.63) is 65.7 Å². The first-order valence-electron chi connectivity index (χ1n) is 6.24. The van der Waals surface area contributed by atoms with Gasteiger partial charge in [-0.05, 0) is 29.3 Å². The Bertz CT molecular complexity index is 627. The number of rotatable bonds is 5. The van der Waals surface area contributed by atoms with Crippen LogP contribution < -0.4 is 9.47 Å². The molecule has 20 heavy (non-hydrogen) atoms. The zero-order valence-corrected chi connectivity index (χ0v) is 11.2. The number of methoxy groups -OCH3 is 1. The molecule has 0 amide bonds. The van der Waals surface area contributed by atoms with Crippen LogP contribution in [0.4, 0.5) is 0 Å². The third kappa shape index (κ3) is 3.63. The van der Waals surface area contributed by atoms with Crippen molar-refractivity contribution in [2.75, 3.05) is 7.11 Å². The lowest BCUT2D eigenvalue weighted by Gasteiger charge is -2.11. The Morgan fingerprint density at radius 1 is 1.10 bits per heavy atom. The Kier molecular flexibility index (Phi) is 4.80. The normalized spacial score (nSPS) is 10.2. The minimum atomic E-state index is 0.491. The summed E-state index contributed by atoms with van der Waals surface area (Å²) in [6, 6.07) is 17.5. The fraction of sp³-hybridized carbons (Fsp3) is 0.118. The predicted molar refractivity (Wildman–Crippen MR) is 78.4 cm³/mol. The fourth-order valence-corrected chi connectivity index (χ4v) is 1.78. The number of benzene rings is 2.